The molecule has 0 aliphatic carbocycles. The van der Waals surface area contributed by atoms with E-state index in [1.807, 2.05) is 0 Å². The first-order chi connectivity index (χ1) is 8.35. The van der Waals surface area contributed by atoms with Crippen LogP contribution in [0.3, 0.4) is 0 Å². The third-order valence-corrected chi connectivity index (χ3v) is 4.28. The molecule has 0 N–H and O–H groups in total. The summed E-state index contributed by atoms with van der Waals surface area (Å²) in [6.45, 7) is 7.23. The van der Waals surface area contributed by atoms with Crippen LogP contribution in [-0.4, -0.2) is 48.1 Å². The number of hydrogen-bond donors (Lipinski definition) is 0. The van der Waals surface area contributed by atoms with E-state index in [4.69, 9.17) is 6.42 Å². The average molecular weight is 234 g/mol. The van der Waals surface area contributed by atoms with Crippen molar-refractivity contribution in [3.8, 4) is 12.3 Å². The number of terminal acetylenes is 1. The maximum absolute atomic E-state index is 5.70. The molecular weight excluding hydrogens is 208 g/mol. The predicted molar refractivity (Wildman–Crippen MR) is 72.9 cm³/mol. The minimum absolute atomic E-state index is 0.377. The van der Waals surface area contributed by atoms with Crippen molar-refractivity contribution in [3.63, 3.8) is 0 Å². The van der Waals surface area contributed by atoms with Gasteiger partial charge in [-0.2, -0.15) is 0 Å². The third kappa shape index (κ3) is 3.24. The standard InChI is InChI=1S/C15H26N2/c1-3-8-14(4-2)17-12-7-11-16-10-6-5-9-15(16)13-17/h2,14-15H,3,5-13H2,1H3. The van der Waals surface area contributed by atoms with Crippen molar-refractivity contribution in [1.82, 2.24) is 9.80 Å². The molecule has 0 amide bonds. The van der Waals surface area contributed by atoms with Gasteiger partial charge in [-0.15, -0.1) is 6.42 Å². The van der Waals surface area contributed by atoms with Crippen LogP contribution in [0.15, 0.2) is 0 Å². The maximum atomic E-state index is 5.70. The second-order valence-electron chi connectivity index (χ2n) is 5.51. The molecule has 2 heterocycles. The summed E-state index contributed by atoms with van der Waals surface area (Å²) < 4.78 is 0. The minimum atomic E-state index is 0.377. The Labute approximate surface area is 106 Å². The van der Waals surface area contributed by atoms with Crippen LogP contribution in [0.5, 0.6) is 0 Å². The molecule has 96 valence electrons. The van der Waals surface area contributed by atoms with Gasteiger partial charge in [0.2, 0.25) is 0 Å². The van der Waals surface area contributed by atoms with Gasteiger partial charge in [0.25, 0.3) is 0 Å². The normalized spacial score (nSPS) is 29.1. The largest absolute Gasteiger partial charge is 0.299 e. The molecule has 0 spiro atoms. The van der Waals surface area contributed by atoms with Crippen molar-refractivity contribution < 1.29 is 0 Å². The Hall–Kier alpha value is -0.520. The van der Waals surface area contributed by atoms with Gasteiger partial charge in [0, 0.05) is 19.1 Å². The van der Waals surface area contributed by atoms with Crippen molar-refractivity contribution in [2.45, 2.75) is 57.5 Å². The summed E-state index contributed by atoms with van der Waals surface area (Å²) in [5.74, 6) is 3.00. The fourth-order valence-corrected chi connectivity index (χ4v) is 3.33. The smallest absolute Gasteiger partial charge is 0.0712 e. The molecule has 17 heavy (non-hydrogen) atoms. The van der Waals surface area contributed by atoms with E-state index in [9.17, 15) is 0 Å². The van der Waals surface area contributed by atoms with Crippen molar-refractivity contribution in [2.75, 3.05) is 26.2 Å². The Morgan fingerprint density at radius 2 is 2.06 bits per heavy atom. The Kier molecular flexibility index (Phi) is 4.88. The Morgan fingerprint density at radius 1 is 1.24 bits per heavy atom. The molecule has 2 rings (SSSR count). The van der Waals surface area contributed by atoms with Crippen LogP contribution in [0.2, 0.25) is 0 Å². The van der Waals surface area contributed by atoms with E-state index in [-0.39, 0.29) is 0 Å². The Bertz CT molecular complexity index is 269. The predicted octanol–water partition coefficient (Wildman–Crippen LogP) is 2.35. The summed E-state index contributed by atoms with van der Waals surface area (Å²) in [5.41, 5.74) is 0. The first-order valence-electron chi connectivity index (χ1n) is 7.29. The topological polar surface area (TPSA) is 6.48 Å². The molecule has 0 aromatic carbocycles. The van der Waals surface area contributed by atoms with Crippen molar-refractivity contribution in [3.05, 3.63) is 0 Å². The first-order valence-corrected chi connectivity index (χ1v) is 7.29. The van der Waals surface area contributed by atoms with Gasteiger partial charge in [0.1, 0.15) is 0 Å². The van der Waals surface area contributed by atoms with E-state index in [2.05, 4.69) is 22.6 Å². The summed E-state index contributed by atoms with van der Waals surface area (Å²) in [4.78, 5) is 5.27. The van der Waals surface area contributed by atoms with Crippen LogP contribution in [0, 0.1) is 12.3 Å². The van der Waals surface area contributed by atoms with E-state index in [0.29, 0.717) is 6.04 Å². The summed E-state index contributed by atoms with van der Waals surface area (Å²) in [7, 11) is 0. The quantitative estimate of drug-likeness (QED) is 0.692. The fourth-order valence-electron chi connectivity index (χ4n) is 3.33. The number of rotatable bonds is 3. The van der Waals surface area contributed by atoms with Gasteiger partial charge in [-0.05, 0) is 38.8 Å². The summed E-state index contributed by atoms with van der Waals surface area (Å²) in [6.07, 6.45) is 13.5. The highest BCUT2D eigenvalue weighted by atomic mass is 15.3. The van der Waals surface area contributed by atoms with Crippen molar-refractivity contribution >= 4 is 0 Å². The van der Waals surface area contributed by atoms with Crippen LogP contribution in [0.1, 0.15) is 45.4 Å². The van der Waals surface area contributed by atoms with Crippen molar-refractivity contribution in [1.29, 1.82) is 0 Å². The van der Waals surface area contributed by atoms with Crippen LogP contribution in [0.25, 0.3) is 0 Å². The number of hydrogen-bond acceptors (Lipinski definition) is 2. The van der Waals surface area contributed by atoms with Gasteiger partial charge in [-0.3, -0.25) is 9.80 Å². The Morgan fingerprint density at radius 3 is 2.82 bits per heavy atom. The van der Waals surface area contributed by atoms with Crippen LogP contribution < -0.4 is 0 Å². The fraction of sp³-hybridized carbons (Fsp3) is 0.867. The van der Waals surface area contributed by atoms with Gasteiger partial charge in [0.05, 0.1) is 6.04 Å². The zero-order valence-electron chi connectivity index (χ0n) is 11.2. The highest BCUT2D eigenvalue weighted by Crippen LogP contribution is 2.22. The first kappa shape index (κ1) is 12.9. The lowest BCUT2D eigenvalue weighted by atomic mass is 10.0. The van der Waals surface area contributed by atoms with Gasteiger partial charge >= 0.3 is 0 Å². The molecule has 0 aromatic rings. The highest BCUT2D eigenvalue weighted by Gasteiger charge is 2.29. The molecule has 2 saturated heterocycles. The SMILES string of the molecule is C#CC(CCC)N1CCCN2CCCCC2C1. The molecule has 0 radical (unpaired) electrons. The van der Waals surface area contributed by atoms with E-state index >= 15 is 0 Å². The van der Waals surface area contributed by atoms with E-state index in [1.54, 1.807) is 0 Å². The Balaban J connectivity index is 1.97. The van der Waals surface area contributed by atoms with Gasteiger partial charge in [-0.1, -0.05) is 25.7 Å². The molecule has 2 heteroatoms. The molecule has 2 aliphatic heterocycles. The lowest BCUT2D eigenvalue weighted by Crippen LogP contribution is -2.46. The zero-order chi connectivity index (χ0) is 12.1. The summed E-state index contributed by atoms with van der Waals surface area (Å²) in [5, 5.41) is 0. The molecular formula is C15H26N2. The van der Waals surface area contributed by atoms with Crippen LogP contribution >= 0.6 is 0 Å². The molecule has 2 nitrogen and oxygen atoms in total. The summed E-state index contributed by atoms with van der Waals surface area (Å²) in [6, 6.07) is 1.15. The number of piperidine rings is 1. The third-order valence-electron chi connectivity index (χ3n) is 4.28. The lowest BCUT2D eigenvalue weighted by molar-refractivity contribution is 0.128. The molecule has 0 saturated carbocycles. The van der Waals surface area contributed by atoms with Gasteiger partial charge in [-0.25, -0.2) is 0 Å². The molecule has 2 fully saturated rings. The van der Waals surface area contributed by atoms with Gasteiger partial charge < -0.3 is 0 Å². The van der Waals surface area contributed by atoms with E-state index < -0.39 is 0 Å². The summed E-state index contributed by atoms with van der Waals surface area (Å²) >= 11 is 0. The molecule has 2 unspecified atom stereocenters. The van der Waals surface area contributed by atoms with E-state index in [1.165, 1.54) is 58.3 Å². The monoisotopic (exact) mass is 234 g/mol. The minimum Gasteiger partial charge on any atom is -0.299 e. The second kappa shape index (κ2) is 6.42. The number of fused-ring (bicyclic) bond motifs is 1. The average Bonchev–Trinajstić information content (AvgIpc) is 2.57. The van der Waals surface area contributed by atoms with E-state index in [0.717, 1.165) is 12.5 Å². The maximum Gasteiger partial charge on any atom is 0.0712 e. The molecule has 2 aliphatic rings. The van der Waals surface area contributed by atoms with Crippen molar-refractivity contribution in [2.24, 2.45) is 0 Å². The van der Waals surface area contributed by atoms with Gasteiger partial charge in [0.15, 0.2) is 0 Å². The molecule has 0 aromatic heterocycles. The highest BCUT2D eigenvalue weighted by molar-refractivity contribution is 5.01. The molecule has 0 bridgehead atoms. The zero-order valence-corrected chi connectivity index (χ0v) is 11.2. The lowest BCUT2D eigenvalue weighted by Gasteiger charge is -2.36. The number of nitrogens with zero attached hydrogens (tertiary/aromatic N) is 2. The van der Waals surface area contributed by atoms with Crippen LogP contribution in [-0.2, 0) is 0 Å². The molecule has 2 atom stereocenters. The van der Waals surface area contributed by atoms with Crippen LogP contribution in [0.4, 0.5) is 0 Å². The second-order valence-corrected chi connectivity index (χ2v) is 5.51.